The average Bonchev–Trinajstić information content (AvgIpc) is 3.11. The number of hydrogen-bond acceptors (Lipinski definition) is 5. The maximum Gasteiger partial charge on any atom is 0.255 e. The largest absolute Gasteiger partial charge is 0.379 e. The molecule has 2 fully saturated rings. The maximum absolute atomic E-state index is 12.9. The predicted octanol–water partition coefficient (Wildman–Crippen LogP) is 3.34. The Morgan fingerprint density at radius 2 is 1.59 bits per heavy atom. The molecule has 0 aliphatic carbocycles. The fourth-order valence-corrected chi connectivity index (χ4v) is 5.69. The van der Waals surface area contributed by atoms with E-state index in [0.29, 0.717) is 24.3 Å². The number of amides is 1. The van der Waals surface area contributed by atoms with E-state index in [-0.39, 0.29) is 10.8 Å². The zero-order valence-corrected chi connectivity index (χ0v) is 19.1. The first-order valence-corrected chi connectivity index (χ1v) is 12.8. The van der Waals surface area contributed by atoms with Crippen LogP contribution in [0.2, 0.25) is 0 Å². The number of nitrogens with zero attached hydrogens (tertiary/aromatic N) is 2. The molecule has 2 saturated heterocycles. The molecule has 4 rings (SSSR count). The predicted molar refractivity (Wildman–Crippen MR) is 124 cm³/mol. The van der Waals surface area contributed by atoms with Crippen LogP contribution in [0.4, 0.5) is 5.69 Å². The van der Waals surface area contributed by atoms with Gasteiger partial charge in [-0.2, -0.15) is 4.31 Å². The lowest BCUT2D eigenvalue weighted by Gasteiger charge is -2.26. The summed E-state index contributed by atoms with van der Waals surface area (Å²) in [7, 11) is -3.50. The molecule has 2 aliphatic heterocycles. The van der Waals surface area contributed by atoms with Crippen molar-refractivity contribution in [1.82, 2.24) is 9.21 Å². The van der Waals surface area contributed by atoms with E-state index in [0.717, 1.165) is 64.1 Å². The Kier molecular flexibility index (Phi) is 7.57. The summed E-state index contributed by atoms with van der Waals surface area (Å²) in [6.07, 6.45) is 3.95. The standard InChI is InChI=1S/C24H31N3O4S/c28-24(21-7-5-6-20(18-21)19-26-14-16-31-17-15-26)25-22-8-10-23(11-9-22)32(29,30)27-12-3-1-2-4-13-27/h5-11,18H,1-4,12-17,19H2,(H,25,28). The van der Waals surface area contributed by atoms with Crippen LogP contribution in [0.15, 0.2) is 53.4 Å². The van der Waals surface area contributed by atoms with Gasteiger partial charge in [-0.25, -0.2) is 8.42 Å². The summed E-state index contributed by atoms with van der Waals surface area (Å²) in [5, 5.41) is 2.88. The molecule has 2 aromatic rings. The van der Waals surface area contributed by atoms with Gasteiger partial charge >= 0.3 is 0 Å². The first-order valence-electron chi connectivity index (χ1n) is 11.3. The van der Waals surface area contributed by atoms with Crippen molar-refractivity contribution in [3.8, 4) is 0 Å². The van der Waals surface area contributed by atoms with Gasteiger partial charge in [-0.1, -0.05) is 25.0 Å². The van der Waals surface area contributed by atoms with Gasteiger partial charge in [0.15, 0.2) is 0 Å². The fraction of sp³-hybridized carbons (Fsp3) is 0.458. The van der Waals surface area contributed by atoms with E-state index in [1.807, 2.05) is 18.2 Å². The highest BCUT2D eigenvalue weighted by Gasteiger charge is 2.25. The highest BCUT2D eigenvalue weighted by atomic mass is 32.2. The summed E-state index contributed by atoms with van der Waals surface area (Å²) < 4.78 is 32.8. The number of hydrogen-bond donors (Lipinski definition) is 1. The second-order valence-corrected chi connectivity index (χ2v) is 10.3. The van der Waals surface area contributed by atoms with Crippen molar-refractivity contribution in [1.29, 1.82) is 0 Å². The second kappa shape index (κ2) is 10.6. The number of rotatable bonds is 6. The monoisotopic (exact) mass is 457 g/mol. The van der Waals surface area contributed by atoms with Gasteiger partial charge in [-0.05, 0) is 54.8 Å². The summed E-state index contributed by atoms with van der Waals surface area (Å²) in [5.41, 5.74) is 2.24. The van der Waals surface area contributed by atoms with Crippen molar-refractivity contribution in [2.75, 3.05) is 44.7 Å². The van der Waals surface area contributed by atoms with Gasteiger partial charge in [0.2, 0.25) is 10.0 Å². The van der Waals surface area contributed by atoms with E-state index >= 15 is 0 Å². The number of ether oxygens (including phenoxy) is 1. The SMILES string of the molecule is O=C(Nc1ccc(S(=O)(=O)N2CCCCCC2)cc1)c1cccc(CN2CCOCC2)c1. The second-order valence-electron chi connectivity index (χ2n) is 8.39. The Morgan fingerprint density at radius 1 is 0.906 bits per heavy atom. The third-order valence-electron chi connectivity index (χ3n) is 6.01. The van der Waals surface area contributed by atoms with Gasteiger partial charge in [-0.3, -0.25) is 9.69 Å². The number of sulfonamides is 1. The average molecular weight is 458 g/mol. The quantitative estimate of drug-likeness (QED) is 0.720. The van der Waals surface area contributed by atoms with Crippen molar-refractivity contribution in [3.63, 3.8) is 0 Å². The van der Waals surface area contributed by atoms with Crippen molar-refractivity contribution in [2.24, 2.45) is 0 Å². The van der Waals surface area contributed by atoms with Crippen molar-refractivity contribution >= 4 is 21.6 Å². The molecule has 0 spiro atoms. The minimum atomic E-state index is -3.50. The van der Waals surface area contributed by atoms with Gasteiger partial charge in [0, 0.05) is 44.0 Å². The summed E-state index contributed by atoms with van der Waals surface area (Å²) in [4.78, 5) is 15.3. The summed E-state index contributed by atoms with van der Waals surface area (Å²) in [6, 6.07) is 14.1. The Morgan fingerprint density at radius 3 is 2.28 bits per heavy atom. The van der Waals surface area contributed by atoms with E-state index in [1.54, 1.807) is 34.6 Å². The van der Waals surface area contributed by atoms with Gasteiger partial charge in [0.25, 0.3) is 5.91 Å². The number of nitrogens with one attached hydrogen (secondary N) is 1. The summed E-state index contributed by atoms with van der Waals surface area (Å²) in [6.45, 7) is 5.19. The fourth-order valence-electron chi connectivity index (χ4n) is 4.17. The van der Waals surface area contributed by atoms with Gasteiger partial charge < -0.3 is 10.1 Å². The molecule has 0 atom stereocenters. The molecular formula is C24H31N3O4S. The van der Waals surface area contributed by atoms with Crippen molar-refractivity contribution in [3.05, 3.63) is 59.7 Å². The molecule has 0 radical (unpaired) electrons. The van der Waals surface area contributed by atoms with E-state index in [2.05, 4.69) is 10.2 Å². The van der Waals surface area contributed by atoms with Crippen LogP contribution in [-0.4, -0.2) is 62.9 Å². The minimum Gasteiger partial charge on any atom is -0.379 e. The van der Waals surface area contributed by atoms with Crippen LogP contribution in [0.25, 0.3) is 0 Å². The van der Waals surface area contributed by atoms with Gasteiger partial charge in [-0.15, -0.1) is 0 Å². The Hall–Kier alpha value is -2.26. The lowest BCUT2D eigenvalue weighted by molar-refractivity contribution is 0.0342. The molecule has 1 amide bonds. The topological polar surface area (TPSA) is 79.0 Å². The Bertz CT molecular complexity index is 1010. The van der Waals surface area contributed by atoms with Gasteiger partial charge in [0.1, 0.15) is 0 Å². The molecule has 0 bridgehead atoms. The van der Waals surface area contributed by atoms with Crippen LogP contribution in [0.1, 0.15) is 41.6 Å². The normalized spacial score (nSPS) is 18.8. The third-order valence-corrected chi connectivity index (χ3v) is 7.93. The molecule has 0 aromatic heterocycles. The lowest BCUT2D eigenvalue weighted by atomic mass is 10.1. The van der Waals surface area contributed by atoms with Crippen LogP contribution >= 0.6 is 0 Å². The van der Waals surface area contributed by atoms with E-state index in [1.165, 1.54) is 0 Å². The minimum absolute atomic E-state index is 0.211. The molecule has 0 saturated carbocycles. The van der Waals surface area contributed by atoms with Crippen molar-refractivity contribution in [2.45, 2.75) is 37.1 Å². The van der Waals surface area contributed by atoms with Crippen molar-refractivity contribution < 1.29 is 17.9 Å². The smallest absolute Gasteiger partial charge is 0.255 e. The molecule has 172 valence electrons. The van der Waals surface area contributed by atoms with Crippen LogP contribution in [-0.2, 0) is 21.3 Å². The zero-order valence-electron chi connectivity index (χ0n) is 18.3. The van der Waals surface area contributed by atoms with Crippen LogP contribution in [0.3, 0.4) is 0 Å². The van der Waals surface area contributed by atoms with E-state index in [4.69, 9.17) is 4.74 Å². The molecule has 1 N–H and O–H groups in total. The molecule has 7 nitrogen and oxygen atoms in total. The number of carbonyl (C=O) groups is 1. The number of morpholine rings is 1. The lowest BCUT2D eigenvalue weighted by Crippen LogP contribution is -2.35. The number of anilines is 1. The van der Waals surface area contributed by atoms with Gasteiger partial charge in [0.05, 0.1) is 18.1 Å². The van der Waals surface area contributed by atoms with E-state index < -0.39 is 10.0 Å². The van der Waals surface area contributed by atoms with Crippen LogP contribution in [0.5, 0.6) is 0 Å². The molecule has 8 heteroatoms. The highest BCUT2D eigenvalue weighted by molar-refractivity contribution is 7.89. The first-order chi connectivity index (χ1) is 15.5. The highest BCUT2D eigenvalue weighted by Crippen LogP contribution is 2.22. The molecule has 32 heavy (non-hydrogen) atoms. The molecular weight excluding hydrogens is 426 g/mol. The molecule has 0 unspecified atom stereocenters. The zero-order chi connectivity index (χ0) is 22.4. The van der Waals surface area contributed by atoms with Crippen LogP contribution < -0.4 is 5.32 Å². The van der Waals surface area contributed by atoms with E-state index in [9.17, 15) is 13.2 Å². The van der Waals surface area contributed by atoms with Crippen LogP contribution in [0, 0.1) is 0 Å². The molecule has 2 aromatic carbocycles. The Balaban J connectivity index is 1.40. The Labute approximate surface area is 190 Å². The summed E-state index contributed by atoms with van der Waals surface area (Å²) in [5.74, 6) is -0.211. The number of benzene rings is 2. The first kappa shape index (κ1) is 22.9. The summed E-state index contributed by atoms with van der Waals surface area (Å²) >= 11 is 0. The number of carbonyl (C=O) groups excluding carboxylic acids is 1. The molecule has 2 aliphatic rings. The third kappa shape index (κ3) is 5.75. The molecule has 2 heterocycles. The maximum atomic E-state index is 12.9.